The minimum Gasteiger partial charge on any atom is -0.507 e. The summed E-state index contributed by atoms with van der Waals surface area (Å²) in [5, 5.41) is 9.17. The number of hydrogen-bond acceptors (Lipinski definition) is 2. The topological polar surface area (TPSA) is 46.2 Å². The van der Waals surface area contributed by atoms with E-state index in [2.05, 4.69) is 15.9 Å². The van der Waals surface area contributed by atoms with E-state index < -0.39 is 0 Å². The van der Waals surface area contributed by atoms with Crippen LogP contribution in [0, 0.1) is 0 Å². The van der Waals surface area contributed by atoms with Gasteiger partial charge >= 0.3 is 0 Å². The minimum atomic E-state index is 0.250. The van der Waals surface area contributed by atoms with Crippen molar-refractivity contribution in [2.75, 3.05) is 6.54 Å². The summed E-state index contributed by atoms with van der Waals surface area (Å²) in [6, 6.07) is 5.30. The third-order valence-corrected chi connectivity index (χ3v) is 2.05. The van der Waals surface area contributed by atoms with Gasteiger partial charge in [0.05, 0.1) is 4.47 Å². The van der Waals surface area contributed by atoms with Crippen molar-refractivity contribution in [1.29, 1.82) is 0 Å². The van der Waals surface area contributed by atoms with E-state index in [4.69, 9.17) is 5.73 Å². The SMILES string of the molecule is NCC=Cc1ccc(O)c(Br)c1. The largest absolute Gasteiger partial charge is 0.507 e. The number of halogens is 1. The molecule has 3 heteroatoms. The Morgan fingerprint density at radius 2 is 2.25 bits per heavy atom. The average molecular weight is 228 g/mol. The molecule has 0 saturated carbocycles. The molecule has 0 aliphatic carbocycles. The van der Waals surface area contributed by atoms with Crippen molar-refractivity contribution in [3.8, 4) is 5.75 Å². The van der Waals surface area contributed by atoms with Gasteiger partial charge in [-0.1, -0.05) is 18.2 Å². The lowest BCUT2D eigenvalue weighted by atomic mass is 10.2. The van der Waals surface area contributed by atoms with E-state index in [1.54, 1.807) is 6.07 Å². The van der Waals surface area contributed by atoms with Crippen LogP contribution in [0.4, 0.5) is 0 Å². The van der Waals surface area contributed by atoms with Crippen molar-refractivity contribution in [2.24, 2.45) is 5.73 Å². The van der Waals surface area contributed by atoms with Crippen LogP contribution in [0.1, 0.15) is 5.56 Å². The first-order valence-electron chi connectivity index (χ1n) is 3.59. The van der Waals surface area contributed by atoms with Gasteiger partial charge in [0.25, 0.3) is 0 Å². The lowest BCUT2D eigenvalue weighted by Gasteiger charge is -1.97. The van der Waals surface area contributed by atoms with Crippen LogP contribution in [0.2, 0.25) is 0 Å². The van der Waals surface area contributed by atoms with Crippen LogP contribution < -0.4 is 5.73 Å². The molecule has 0 radical (unpaired) electrons. The maximum Gasteiger partial charge on any atom is 0.129 e. The van der Waals surface area contributed by atoms with Gasteiger partial charge in [-0.2, -0.15) is 0 Å². The van der Waals surface area contributed by atoms with Crippen molar-refractivity contribution in [2.45, 2.75) is 0 Å². The molecule has 0 aliphatic rings. The second-order valence-corrected chi connectivity index (χ2v) is 3.20. The Labute approximate surface area is 79.8 Å². The average Bonchev–Trinajstić information content (AvgIpc) is 2.07. The summed E-state index contributed by atoms with van der Waals surface area (Å²) in [6.07, 6.45) is 3.77. The highest BCUT2D eigenvalue weighted by Gasteiger charge is 1.95. The van der Waals surface area contributed by atoms with Gasteiger partial charge in [-0.25, -0.2) is 0 Å². The summed E-state index contributed by atoms with van der Waals surface area (Å²) < 4.78 is 0.696. The van der Waals surface area contributed by atoms with Crippen LogP contribution in [0.3, 0.4) is 0 Å². The summed E-state index contributed by atoms with van der Waals surface area (Å²) in [5.74, 6) is 0.250. The highest BCUT2D eigenvalue weighted by atomic mass is 79.9. The summed E-state index contributed by atoms with van der Waals surface area (Å²) >= 11 is 3.22. The number of nitrogens with two attached hydrogens (primary N) is 1. The molecule has 64 valence electrons. The monoisotopic (exact) mass is 227 g/mol. The van der Waals surface area contributed by atoms with Crippen molar-refractivity contribution >= 4 is 22.0 Å². The lowest BCUT2D eigenvalue weighted by molar-refractivity contribution is 0.472. The molecular formula is C9H10BrNO. The molecule has 1 rings (SSSR count). The van der Waals surface area contributed by atoms with Crippen LogP contribution in [0.15, 0.2) is 28.7 Å². The van der Waals surface area contributed by atoms with Gasteiger partial charge in [-0.15, -0.1) is 0 Å². The fraction of sp³-hybridized carbons (Fsp3) is 0.111. The first-order valence-corrected chi connectivity index (χ1v) is 4.38. The Morgan fingerprint density at radius 1 is 1.50 bits per heavy atom. The number of benzene rings is 1. The van der Waals surface area contributed by atoms with Gasteiger partial charge in [0.2, 0.25) is 0 Å². The number of hydrogen-bond donors (Lipinski definition) is 2. The molecule has 0 bridgehead atoms. The van der Waals surface area contributed by atoms with Crippen LogP contribution in [-0.2, 0) is 0 Å². The van der Waals surface area contributed by atoms with E-state index in [0.717, 1.165) is 5.56 Å². The summed E-state index contributed by atoms with van der Waals surface area (Å²) in [4.78, 5) is 0. The molecule has 12 heavy (non-hydrogen) atoms. The Hall–Kier alpha value is -0.800. The van der Waals surface area contributed by atoms with Crippen LogP contribution in [-0.4, -0.2) is 11.7 Å². The second kappa shape index (κ2) is 4.28. The molecule has 0 heterocycles. The Morgan fingerprint density at radius 3 is 2.83 bits per heavy atom. The van der Waals surface area contributed by atoms with Gasteiger partial charge in [0.15, 0.2) is 0 Å². The van der Waals surface area contributed by atoms with Gasteiger partial charge in [-0.3, -0.25) is 0 Å². The predicted molar refractivity (Wildman–Crippen MR) is 53.9 cm³/mol. The van der Waals surface area contributed by atoms with Gasteiger partial charge in [0.1, 0.15) is 5.75 Å². The Kier molecular flexibility index (Phi) is 3.31. The molecule has 1 aromatic rings. The van der Waals surface area contributed by atoms with Crippen molar-refractivity contribution < 1.29 is 5.11 Å². The molecule has 0 unspecified atom stereocenters. The maximum atomic E-state index is 9.17. The highest BCUT2D eigenvalue weighted by Crippen LogP contribution is 2.24. The van der Waals surface area contributed by atoms with E-state index in [1.165, 1.54) is 0 Å². The lowest BCUT2D eigenvalue weighted by Crippen LogP contribution is -1.91. The normalized spacial score (nSPS) is 10.8. The van der Waals surface area contributed by atoms with E-state index in [-0.39, 0.29) is 5.75 Å². The zero-order chi connectivity index (χ0) is 8.97. The molecule has 0 atom stereocenters. The third kappa shape index (κ3) is 2.36. The van der Waals surface area contributed by atoms with Gasteiger partial charge in [0, 0.05) is 6.54 Å². The van der Waals surface area contributed by atoms with E-state index in [0.29, 0.717) is 11.0 Å². The van der Waals surface area contributed by atoms with E-state index >= 15 is 0 Å². The maximum absolute atomic E-state index is 9.17. The van der Waals surface area contributed by atoms with Crippen LogP contribution >= 0.6 is 15.9 Å². The van der Waals surface area contributed by atoms with Crippen LogP contribution in [0.25, 0.3) is 6.08 Å². The first-order chi connectivity index (χ1) is 5.74. The number of phenols is 1. The van der Waals surface area contributed by atoms with Gasteiger partial charge < -0.3 is 10.8 Å². The Bertz CT molecular complexity index is 297. The minimum absolute atomic E-state index is 0.250. The zero-order valence-electron chi connectivity index (χ0n) is 6.50. The molecule has 0 aliphatic heterocycles. The van der Waals surface area contributed by atoms with Crippen LogP contribution in [0.5, 0.6) is 5.75 Å². The molecule has 1 aromatic carbocycles. The third-order valence-electron chi connectivity index (χ3n) is 1.42. The van der Waals surface area contributed by atoms with E-state index in [9.17, 15) is 5.11 Å². The molecule has 0 fully saturated rings. The molecule has 0 spiro atoms. The zero-order valence-corrected chi connectivity index (χ0v) is 8.08. The Balaban J connectivity index is 2.89. The quantitative estimate of drug-likeness (QED) is 0.814. The first kappa shape index (κ1) is 9.29. The summed E-state index contributed by atoms with van der Waals surface area (Å²) in [6.45, 7) is 0.526. The fourth-order valence-electron chi connectivity index (χ4n) is 0.831. The molecule has 0 aromatic heterocycles. The number of phenolic OH excluding ortho intramolecular Hbond substituents is 1. The van der Waals surface area contributed by atoms with Gasteiger partial charge in [-0.05, 0) is 33.6 Å². The molecule has 3 N–H and O–H groups in total. The van der Waals surface area contributed by atoms with Crippen molar-refractivity contribution in [3.63, 3.8) is 0 Å². The highest BCUT2D eigenvalue weighted by molar-refractivity contribution is 9.10. The van der Waals surface area contributed by atoms with Crippen molar-refractivity contribution in [1.82, 2.24) is 0 Å². The fourth-order valence-corrected chi connectivity index (χ4v) is 1.23. The second-order valence-electron chi connectivity index (χ2n) is 2.35. The van der Waals surface area contributed by atoms with E-state index in [1.807, 2.05) is 24.3 Å². The molecular weight excluding hydrogens is 218 g/mol. The standard InChI is InChI=1S/C9H10BrNO/c10-8-6-7(2-1-5-11)3-4-9(8)12/h1-4,6,12H,5,11H2. The predicted octanol–water partition coefficient (Wildman–Crippen LogP) is 2.13. The number of rotatable bonds is 2. The smallest absolute Gasteiger partial charge is 0.129 e. The molecule has 2 nitrogen and oxygen atoms in total. The molecule has 0 saturated heterocycles. The molecule has 0 amide bonds. The number of aromatic hydroxyl groups is 1. The summed E-state index contributed by atoms with van der Waals surface area (Å²) in [7, 11) is 0. The summed E-state index contributed by atoms with van der Waals surface area (Å²) in [5.41, 5.74) is 6.32. The van der Waals surface area contributed by atoms with Crippen molar-refractivity contribution in [3.05, 3.63) is 34.3 Å².